The number of pyridine rings is 1. The van der Waals surface area contributed by atoms with Crippen LogP contribution in [-0.2, 0) is 6.54 Å². The largest absolute Gasteiger partial charge is 0.384 e. The number of anilines is 1. The average Bonchev–Trinajstić information content (AvgIpc) is 3.40. The molecule has 0 atom stereocenters. The highest BCUT2D eigenvalue weighted by atomic mass is 35.5. The zero-order chi connectivity index (χ0) is 20.5. The van der Waals surface area contributed by atoms with Crippen molar-refractivity contribution in [3.05, 3.63) is 76.6 Å². The zero-order valence-corrected chi connectivity index (χ0v) is 16.8. The Bertz CT molecular complexity index is 1350. The van der Waals surface area contributed by atoms with Gasteiger partial charge in [0.05, 0.1) is 28.6 Å². The average molecular weight is 419 g/mol. The van der Waals surface area contributed by atoms with E-state index in [2.05, 4.69) is 25.3 Å². The van der Waals surface area contributed by atoms with Crippen LogP contribution in [0.4, 0.5) is 5.69 Å². The Morgan fingerprint density at radius 3 is 2.83 bits per heavy atom. The second-order valence-corrected chi connectivity index (χ2v) is 7.51. The van der Waals surface area contributed by atoms with Crippen LogP contribution in [0.5, 0.6) is 0 Å². The number of fused-ring (bicyclic) bond motifs is 2. The highest BCUT2D eigenvalue weighted by molar-refractivity contribution is 6.31. The van der Waals surface area contributed by atoms with Gasteiger partial charge in [-0.25, -0.2) is 9.97 Å². The molecule has 0 amide bonds. The Kier molecular flexibility index (Phi) is 4.72. The van der Waals surface area contributed by atoms with Crippen molar-refractivity contribution in [2.45, 2.75) is 13.0 Å². The summed E-state index contributed by atoms with van der Waals surface area (Å²) in [6, 6.07) is 13.2. The first kappa shape index (κ1) is 18.4. The molecule has 0 aliphatic heterocycles. The number of aromatic amines is 2. The minimum absolute atomic E-state index is 0.221. The van der Waals surface area contributed by atoms with Gasteiger partial charge < -0.3 is 19.9 Å². The van der Waals surface area contributed by atoms with Gasteiger partial charge in [-0.05, 0) is 36.8 Å². The maximum Gasteiger partial charge on any atom is 0.261 e. The van der Waals surface area contributed by atoms with E-state index in [0.29, 0.717) is 28.5 Å². The number of rotatable bonds is 6. The number of H-pyrrole nitrogens is 2. The number of aryl methyl sites for hydroxylation is 1. The van der Waals surface area contributed by atoms with Crippen LogP contribution in [0, 0.1) is 0 Å². The van der Waals surface area contributed by atoms with E-state index >= 15 is 0 Å². The monoisotopic (exact) mass is 418 g/mol. The minimum Gasteiger partial charge on any atom is -0.384 e. The van der Waals surface area contributed by atoms with Crippen LogP contribution in [0.15, 0.2) is 66.0 Å². The zero-order valence-electron chi connectivity index (χ0n) is 16.0. The number of aromatic nitrogens is 5. The third-order valence-electron chi connectivity index (χ3n) is 5.06. The van der Waals surface area contributed by atoms with Crippen molar-refractivity contribution in [2.75, 3.05) is 11.9 Å². The molecule has 5 aromatic rings. The Balaban J connectivity index is 1.57. The molecule has 0 aliphatic carbocycles. The number of halogens is 1. The summed E-state index contributed by atoms with van der Waals surface area (Å²) in [7, 11) is 0. The summed E-state index contributed by atoms with van der Waals surface area (Å²) in [5.41, 5.74) is 3.40. The summed E-state index contributed by atoms with van der Waals surface area (Å²) in [4.78, 5) is 28.0. The number of nitrogens with zero attached hydrogens (tertiary/aromatic N) is 3. The minimum atomic E-state index is -0.221. The van der Waals surface area contributed by atoms with Gasteiger partial charge in [0.1, 0.15) is 11.4 Å². The number of benzene rings is 2. The number of nitrogens with one attached hydrogen (secondary N) is 3. The third-order valence-corrected chi connectivity index (χ3v) is 5.29. The maximum atomic E-state index is 13.1. The van der Waals surface area contributed by atoms with E-state index < -0.39 is 0 Å². The molecule has 2 aromatic carbocycles. The molecule has 0 unspecified atom stereocenters. The molecule has 7 nitrogen and oxygen atoms in total. The van der Waals surface area contributed by atoms with E-state index in [1.807, 2.05) is 47.2 Å². The molecule has 3 aromatic heterocycles. The van der Waals surface area contributed by atoms with E-state index in [4.69, 9.17) is 11.6 Å². The Hall–Kier alpha value is -3.58. The normalized spacial score (nSPS) is 11.4. The fourth-order valence-corrected chi connectivity index (χ4v) is 3.82. The quantitative estimate of drug-likeness (QED) is 0.356. The van der Waals surface area contributed by atoms with Crippen LogP contribution in [-0.4, -0.2) is 31.0 Å². The molecule has 0 saturated heterocycles. The summed E-state index contributed by atoms with van der Waals surface area (Å²) in [6.45, 7) is 1.52. The molecule has 0 aliphatic rings. The molecule has 8 heteroatoms. The molecule has 0 radical (unpaired) electrons. The predicted molar refractivity (Wildman–Crippen MR) is 120 cm³/mol. The molecular formula is C22H19ClN6O. The maximum absolute atomic E-state index is 13.1. The topological polar surface area (TPSA) is 91.4 Å². The van der Waals surface area contributed by atoms with Gasteiger partial charge in [-0.15, -0.1) is 0 Å². The van der Waals surface area contributed by atoms with Crippen molar-refractivity contribution in [2.24, 2.45) is 0 Å². The van der Waals surface area contributed by atoms with Crippen molar-refractivity contribution < 1.29 is 0 Å². The summed E-state index contributed by atoms with van der Waals surface area (Å²) < 4.78 is 2.03. The van der Waals surface area contributed by atoms with E-state index in [1.54, 1.807) is 18.6 Å². The van der Waals surface area contributed by atoms with Crippen LogP contribution in [0.25, 0.3) is 33.3 Å². The van der Waals surface area contributed by atoms with Crippen molar-refractivity contribution in [1.82, 2.24) is 24.5 Å². The van der Waals surface area contributed by atoms with E-state index in [-0.39, 0.29) is 5.56 Å². The van der Waals surface area contributed by atoms with E-state index in [0.717, 1.165) is 35.1 Å². The van der Waals surface area contributed by atoms with Gasteiger partial charge >= 0.3 is 0 Å². The lowest BCUT2D eigenvalue weighted by atomic mass is 10.1. The molecule has 0 spiro atoms. The SMILES string of the molecule is O=c1[nH]c2cc(Cl)ccc2c(NCCCn2ccnc2)c1-c1nc2ccccc2[nH]1. The standard InChI is InChI=1S/C22H19ClN6O/c23-14-6-7-15-18(12-14)28-22(30)19(21-26-16-4-1-2-5-17(16)27-21)20(15)25-8-3-10-29-11-9-24-13-29/h1-2,4-7,9,11-13H,3,8,10H2,(H,26,27)(H2,25,28,30). The first-order chi connectivity index (χ1) is 14.7. The third kappa shape index (κ3) is 3.44. The van der Waals surface area contributed by atoms with E-state index in [1.165, 1.54) is 0 Å². The Morgan fingerprint density at radius 1 is 1.10 bits per heavy atom. The summed E-state index contributed by atoms with van der Waals surface area (Å²) in [6.07, 6.45) is 6.37. The van der Waals surface area contributed by atoms with Crippen LogP contribution >= 0.6 is 11.6 Å². The molecule has 0 bridgehead atoms. The van der Waals surface area contributed by atoms with Gasteiger partial charge in [0.25, 0.3) is 5.56 Å². The van der Waals surface area contributed by atoms with Crippen LogP contribution in [0.2, 0.25) is 5.02 Å². The Morgan fingerprint density at radius 2 is 2.00 bits per heavy atom. The first-order valence-corrected chi connectivity index (χ1v) is 10.1. The second kappa shape index (κ2) is 7.68. The van der Waals surface area contributed by atoms with Gasteiger partial charge in [0.15, 0.2) is 0 Å². The van der Waals surface area contributed by atoms with Gasteiger partial charge in [-0.2, -0.15) is 0 Å². The highest BCUT2D eigenvalue weighted by Crippen LogP contribution is 2.32. The molecular weight excluding hydrogens is 400 g/mol. The van der Waals surface area contributed by atoms with Crippen molar-refractivity contribution >= 4 is 39.2 Å². The number of hydrogen-bond donors (Lipinski definition) is 3. The second-order valence-electron chi connectivity index (χ2n) is 7.08. The lowest BCUT2D eigenvalue weighted by molar-refractivity contribution is 0.661. The van der Waals surface area contributed by atoms with Crippen molar-refractivity contribution in [3.8, 4) is 11.4 Å². The molecule has 5 rings (SSSR count). The highest BCUT2D eigenvalue weighted by Gasteiger charge is 2.18. The molecule has 150 valence electrons. The fourth-order valence-electron chi connectivity index (χ4n) is 3.65. The molecule has 30 heavy (non-hydrogen) atoms. The summed E-state index contributed by atoms with van der Waals surface area (Å²) in [5, 5.41) is 4.92. The van der Waals surface area contributed by atoms with Gasteiger partial charge in [-0.1, -0.05) is 23.7 Å². The van der Waals surface area contributed by atoms with Crippen molar-refractivity contribution in [1.29, 1.82) is 0 Å². The molecule has 3 N–H and O–H groups in total. The Labute approximate surface area is 176 Å². The van der Waals surface area contributed by atoms with E-state index in [9.17, 15) is 4.79 Å². The number of imidazole rings is 2. The summed E-state index contributed by atoms with van der Waals surface area (Å²) in [5.74, 6) is 0.534. The molecule has 3 heterocycles. The molecule has 0 saturated carbocycles. The lowest BCUT2D eigenvalue weighted by Gasteiger charge is -2.14. The van der Waals surface area contributed by atoms with Gasteiger partial charge in [-0.3, -0.25) is 4.79 Å². The number of para-hydroxylation sites is 2. The van der Waals surface area contributed by atoms with Gasteiger partial charge in [0.2, 0.25) is 0 Å². The van der Waals surface area contributed by atoms with Crippen LogP contribution < -0.4 is 10.9 Å². The first-order valence-electron chi connectivity index (χ1n) is 9.69. The fraction of sp³-hybridized carbons (Fsp3) is 0.136. The molecule has 0 fully saturated rings. The summed E-state index contributed by atoms with van der Waals surface area (Å²) >= 11 is 6.15. The van der Waals surface area contributed by atoms with Crippen molar-refractivity contribution in [3.63, 3.8) is 0 Å². The van der Waals surface area contributed by atoms with Crippen LogP contribution in [0.1, 0.15) is 6.42 Å². The number of hydrogen-bond acceptors (Lipinski definition) is 4. The smallest absolute Gasteiger partial charge is 0.261 e. The lowest BCUT2D eigenvalue weighted by Crippen LogP contribution is -2.15. The predicted octanol–water partition coefficient (Wildman–Crippen LogP) is 4.42. The van der Waals surface area contributed by atoms with Crippen LogP contribution in [0.3, 0.4) is 0 Å². The van der Waals surface area contributed by atoms with Gasteiger partial charge in [0, 0.05) is 35.9 Å².